The van der Waals surface area contributed by atoms with Gasteiger partial charge in [0, 0.05) is 6.42 Å². The fourth-order valence-corrected chi connectivity index (χ4v) is 2.87. The maximum atomic E-state index is 6.05. The zero-order chi connectivity index (χ0) is 15.1. The molecule has 0 saturated heterocycles. The quantitative estimate of drug-likeness (QED) is 0.340. The summed E-state index contributed by atoms with van der Waals surface area (Å²) in [6.07, 6.45) is 2.32. The summed E-state index contributed by atoms with van der Waals surface area (Å²) >= 11 is 0. The van der Waals surface area contributed by atoms with Crippen LogP contribution in [0.5, 0.6) is 0 Å². The first-order chi connectivity index (χ1) is 8.83. The fourth-order valence-electron chi connectivity index (χ4n) is 2.87. The van der Waals surface area contributed by atoms with Crippen LogP contribution in [0.3, 0.4) is 0 Å². The summed E-state index contributed by atoms with van der Waals surface area (Å²) in [5.74, 6) is 9.16. The van der Waals surface area contributed by atoms with Crippen molar-refractivity contribution in [1.29, 1.82) is 0 Å². The average Bonchev–Trinajstić information content (AvgIpc) is 2.38. The minimum Gasteiger partial charge on any atom is -0.582 e. The molecule has 0 N–H and O–H groups in total. The Morgan fingerprint density at radius 1 is 0.947 bits per heavy atom. The van der Waals surface area contributed by atoms with Gasteiger partial charge in [0.15, 0.2) is 6.35 Å². The Labute approximate surface area is 121 Å². The fraction of sp³-hybridized carbons (Fsp3) is 0.882. The molecule has 2 unspecified atom stereocenters. The van der Waals surface area contributed by atoms with Crippen LogP contribution in [-0.2, 0) is 4.65 Å². The van der Waals surface area contributed by atoms with Crippen LogP contribution in [0.2, 0.25) is 11.6 Å². The molecule has 0 heterocycles. The monoisotopic (exact) mass is 265 g/mol. The first-order valence-corrected chi connectivity index (χ1v) is 8.04. The maximum Gasteiger partial charge on any atom is 0.191 e. The topological polar surface area (TPSA) is 9.23 Å². The molecule has 0 aromatic rings. The van der Waals surface area contributed by atoms with Crippen LogP contribution in [0.4, 0.5) is 0 Å². The molecule has 0 radical (unpaired) electrons. The molecule has 0 aromatic carbocycles. The van der Waals surface area contributed by atoms with Gasteiger partial charge in [-0.15, -0.1) is 17.6 Å². The summed E-state index contributed by atoms with van der Waals surface area (Å²) in [6, 6.07) is 0. The van der Waals surface area contributed by atoms with E-state index in [1.54, 1.807) is 0 Å². The lowest BCUT2D eigenvalue weighted by Crippen LogP contribution is -2.48. The third-order valence-electron chi connectivity index (χ3n) is 5.04. The molecular formula is C17H34BO-. The molecule has 2 heteroatoms. The minimum atomic E-state index is -1.08. The first-order valence-electron chi connectivity index (χ1n) is 8.04. The van der Waals surface area contributed by atoms with Gasteiger partial charge in [0.1, 0.15) is 0 Å². The van der Waals surface area contributed by atoms with Crippen LogP contribution in [0.25, 0.3) is 0 Å². The van der Waals surface area contributed by atoms with Crippen LogP contribution in [0, 0.1) is 23.6 Å². The SMILES string of the molecule is CCCCC#C[B-](OC)(C(C)C(C)C)C(C)C(C)C. The normalized spacial score (nSPS) is 17.8. The van der Waals surface area contributed by atoms with E-state index < -0.39 is 6.35 Å². The summed E-state index contributed by atoms with van der Waals surface area (Å²) in [4.78, 5) is 0. The first kappa shape index (κ1) is 18.6. The van der Waals surface area contributed by atoms with Gasteiger partial charge in [0.2, 0.25) is 0 Å². The zero-order valence-corrected chi connectivity index (χ0v) is 14.4. The van der Waals surface area contributed by atoms with Gasteiger partial charge in [-0.25, -0.2) is 0 Å². The van der Waals surface area contributed by atoms with Crippen molar-refractivity contribution in [3.8, 4) is 11.7 Å². The predicted molar refractivity (Wildman–Crippen MR) is 88.6 cm³/mol. The van der Waals surface area contributed by atoms with Gasteiger partial charge in [-0.3, -0.25) is 5.82 Å². The third-order valence-corrected chi connectivity index (χ3v) is 5.04. The van der Waals surface area contributed by atoms with E-state index in [2.05, 4.69) is 60.2 Å². The number of hydrogen-bond acceptors (Lipinski definition) is 1. The summed E-state index contributed by atoms with van der Waals surface area (Å²) in [7, 11) is 1.85. The van der Waals surface area contributed by atoms with Gasteiger partial charge < -0.3 is 4.65 Å². The lowest BCUT2D eigenvalue weighted by atomic mass is 9.24. The van der Waals surface area contributed by atoms with Gasteiger partial charge >= 0.3 is 0 Å². The van der Waals surface area contributed by atoms with Crippen LogP contribution >= 0.6 is 0 Å². The molecule has 1 nitrogen and oxygen atoms in total. The molecule has 0 saturated carbocycles. The molecule has 0 aliphatic heterocycles. The second-order valence-corrected chi connectivity index (χ2v) is 6.78. The number of rotatable bonds is 7. The van der Waals surface area contributed by atoms with Crippen molar-refractivity contribution in [3.63, 3.8) is 0 Å². The molecule has 0 spiro atoms. The highest BCUT2D eigenvalue weighted by atomic mass is 16.4. The van der Waals surface area contributed by atoms with Gasteiger partial charge in [0.05, 0.1) is 0 Å². The molecule has 0 rings (SSSR count). The van der Waals surface area contributed by atoms with Gasteiger partial charge in [-0.05, 0) is 13.5 Å². The van der Waals surface area contributed by atoms with E-state index in [4.69, 9.17) is 4.65 Å². The van der Waals surface area contributed by atoms with Crippen LogP contribution in [-0.4, -0.2) is 13.5 Å². The van der Waals surface area contributed by atoms with Crippen molar-refractivity contribution in [2.45, 2.75) is 79.4 Å². The highest BCUT2D eigenvalue weighted by molar-refractivity contribution is 6.84. The lowest BCUT2D eigenvalue weighted by molar-refractivity contribution is 0.351. The van der Waals surface area contributed by atoms with Crippen LogP contribution in [0.15, 0.2) is 0 Å². The molecule has 0 bridgehead atoms. The number of unbranched alkanes of at least 4 members (excludes halogenated alkanes) is 2. The van der Waals surface area contributed by atoms with Crippen molar-refractivity contribution < 1.29 is 4.65 Å². The zero-order valence-electron chi connectivity index (χ0n) is 14.4. The second-order valence-electron chi connectivity index (χ2n) is 6.78. The Balaban J connectivity index is 5.33. The Hall–Kier alpha value is -0.415. The third kappa shape index (κ3) is 4.88. The predicted octanol–water partition coefficient (Wildman–Crippen LogP) is 5.40. The van der Waals surface area contributed by atoms with Crippen molar-refractivity contribution in [2.75, 3.05) is 7.11 Å². The van der Waals surface area contributed by atoms with E-state index in [1.807, 2.05) is 7.11 Å². The van der Waals surface area contributed by atoms with Crippen LogP contribution in [0.1, 0.15) is 67.7 Å². The van der Waals surface area contributed by atoms with Gasteiger partial charge in [-0.1, -0.05) is 66.7 Å². The summed E-state index contributed by atoms with van der Waals surface area (Å²) in [6.45, 7) is 15.9. The molecule has 0 aliphatic rings. The van der Waals surface area contributed by atoms with Gasteiger partial charge in [-0.2, -0.15) is 0 Å². The molecule has 0 aliphatic carbocycles. The molecule has 0 aromatic heterocycles. The molecule has 19 heavy (non-hydrogen) atoms. The van der Waals surface area contributed by atoms with Crippen molar-refractivity contribution in [2.24, 2.45) is 11.8 Å². The highest BCUT2D eigenvalue weighted by Gasteiger charge is 2.37. The molecular weight excluding hydrogens is 231 g/mol. The summed E-state index contributed by atoms with van der Waals surface area (Å²) < 4.78 is 6.05. The van der Waals surface area contributed by atoms with E-state index in [9.17, 15) is 0 Å². The molecule has 2 atom stereocenters. The van der Waals surface area contributed by atoms with E-state index in [-0.39, 0.29) is 0 Å². The van der Waals surface area contributed by atoms with Crippen molar-refractivity contribution in [3.05, 3.63) is 0 Å². The average molecular weight is 265 g/mol. The Bertz CT molecular complexity index is 284. The Morgan fingerprint density at radius 3 is 1.74 bits per heavy atom. The molecule has 0 fully saturated rings. The van der Waals surface area contributed by atoms with Crippen molar-refractivity contribution in [1.82, 2.24) is 0 Å². The minimum absolute atomic E-state index is 0.497. The summed E-state index contributed by atoms with van der Waals surface area (Å²) in [5, 5.41) is 0. The smallest absolute Gasteiger partial charge is 0.191 e. The van der Waals surface area contributed by atoms with Crippen molar-refractivity contribution >= 4 is 6.35 Å². The highest BCUT2D eigenvalue weighted by Crippen LogP contribution is 2.41. The second kappa shape index (κ2) is 8.70. The van der Waals surface area contributed by atoms with E-state index in [1.165, 1.54) is 12.8 Å². The summed E-state index contributed by atoms with van der Waals surface area (Å²) in [5.41, 5.74) is 0. The van der Waals surface area contributed by atoms with E-state index in [0.29, 0.717) is 23.5 Å². The molecule has 112 valence electrons. The molecule has 0 amide bonds. The largest absolute Gasteiger partial charge is 0.582 e. The van der Waals surface area contributed by atoms with E-state index >= 15 is 0 Å². The van der Waals surface area contributed by atoms with Crippen LogP contribution < -0.4 is 0 Å². The van der Waals surface area contributed by atoms with Gasteiger partial charge in [0.25, 0.3) is 0 Å². The van der Waals surface area contributed by atoms with E-state index in [0.717, 1.165) is 6.42 Å². The number of hydrogen-bond donors (Lipinski definition) is 0. The Kier molecular flexibility index (Phi) is 8.51. The lowest BCUT2D eigenvalue weighted by Gasteiger charge is -2.49. The Morgan fingerprint density at radius 2 is 1.42 bits per heavy atom. The maximum absolute atomic E-state index is 6.05. The standard InChI is InChI=1S/C17H34BO/c1-9-10-11-12-13-18(19-8,16(6)14(2)3)17(7)15(4)5/h14-17H,9-11H2,1-8H3/q-1.